The summed E-state index contributed by atoms with van der Waals surface area (Å²) < 4.78 is 49.9. The molecule has 0 bridgehead atoms. The van der Waals surface area contributed by atoms with Crippen LogP contribution in [0.3, 0.4) is 0 Å². The van der Waals surface area contributed by atoms with Gasteiger partial charge in [-0.3, -0.25) is 9.59 Å². The summed E-state index contributed by atoms with van der Waals surface area (Å²) in [5.41, 5.74) is 1.02. The minimum Gasteiger partial charge on any atom is -0.490 e. The molecule has 1 fully saturated rings. The second-order valence-corrected chi connectivity index (χ2v) is 10.2. The molecule has 0 aromatic heterocycles. The highest BCUT2D eigenvalue weighted by atomic mass is 19.4. The molecule has 2 amide bonds. The molecule has 1 unspecified atom stereocenters. The standard InChI is InChI=1S/C30H35F3N2O5/c31-30(32,33)23-7-13-26(14-8-23)40-25-11-5-21(6-12-25)28(37)35-19-22(29(38)34-17-18-36)4-1-20-2-9-24(10-3-20)39-27-15-16-27/h2-3,5,7,9-11,13,22,27,36H,1,4,6,8,12,14-19H2,(H,34,38)(H,35,37). The summed E-state index contributed by atoms with van der Waals surface area (Å²) in [5, 5.41) is 14.6. The van der Waals surface area contributed by atoms with E-state index in [0.717, 1.165) is 30.2 Å². The molecule has 0 spiro atoms. The molecule has 1 saturated carbocycles. The number of hydrogen-bond acceptors (Lipinski definition) is 5. The molecule has 0 aliphatic heterocycles. The lowest BCUT2D eigenvalue weighted by Crippen LogP contribution is -2.40. The zero-order valence-corrected chi connectivity index (χ0v) is 22.3. The number of nitrogens with one attached hydrogen (secondary N) is 2. The first-order valence-corrected chi connectivity index (χ1v) is 13.7. The molecule has 3 aliphatic carbocycles. The molecule has 216 valence electrons. The highest BCUT2D eigenvalue weighted by Crippen LogP contribution is 2.34. The second-order valence-electron chi connectivity index (χ2n) is 10.2. The average molecular weight is 561 g/mol. The fourth-order valence-corrected chi connectivity index (χ4v) is 4.43. The van der Waals surface area contributed by atoms with Gasteiger partial charge in [-0.15, -0.1) is 0 Å². The normalized spacial score (nSPS) is 18.0. The molecular formula is C30H35F3N2O5. The topological polar surface area (TPSA) is 96.9 Å². The zero-order chi connectivity index (χ0) is 28.5. The molecule has 0 radical (unpaired) electrons. The predicted molar refractivity (Wildman–Crippen MR) is 143 cm³/mol. The van der Waals surface area contributed by atoms with Gasteiger partial charge in [-0.25, -0.2) is 0 Å². The lowest BCUT2D eigenvalue weighted by molar-refractivity contribution is -0.125. The third kappa shape index (κ3) is 9.01. The largest absolute Gasteiger partial charge is 0.490 e. The number of alkyl halides is 3. The first-order valence-electron chi connectivity index (χ1n) is 13.7. The minimum absolute atomic E-state index is 0.126. The number of halogens is 3. The van der Waals surface area contributed by atoms with Crippen molar-refractivity contribution in [1.82, 2.24) is 10.6 Å². The Hall–Kier alpha value is -3.53. The Bertz CT molecular complexity index is 1180. The van der Waals surface area contributed by atoms with Crippen LogP contribution in [0.15, 0.2) is 71.2 Å². The van der Waals surface area contributed by atoms with Crippen molar-refractivity contribution in [3.8, 4) is 5.75 Å². The fraction of sp³-hybridized carbons (Fsp3) is 0.467. The molecule has 7 nitrogen and oxygen atoms in total. The number of allylic oxidation sites excluding steroid dienone is 7. The van der Waals surface area contributed by atoms with Crippen LogP contribution in [0.1, 0.15) is 50.5 Å². The van der Waals surface area contributed by atoms with Crippen LogP contribution in [-0.4, -0.2) is 48.9 Å². The van der Waals surface area contributed by atoms with Crippen molar-refractivity contribution < 1.29 is 37.3 Å². The number of carbonyl (C=O) groups excluding carboxylic acids is 2. The second kappa shape index (κ2) is 13.7. The van der Waals surface area contributed by atoms with Gasteiger partial charge in [-0.2, -0.15) is 13.2 Å². The van der Waals surface area contributed by atoms with Gasteiger partial charge in [0.15, 0.2) is 0 Å². The van der Waals surface area contributed by atoms with Gasteiger partial charge in [0.1, 0.15) is 17.3 Å². The van der Waals surface area contributed by atoms with Gasteiger partial charge in [0.05, 0.1) is 18.6 Å². The number of benzene rings is 1. The van der Waals surface area contributed by atoms with Crippen LogP contribution in [0.4, 0.5) is 13.2 Å². The molecule has 3 N–H and O–H groups in total. The quantitative estimate of drug-likeness (QED) is 0.323. The van der Waals surface area contributed by atoms with Crippen LogP contribution in [0.2, 0.25) is 0 Å². The van der Waals surface area contributed by atoms with E-state index in [0.29, 0.717) is 48.9 Å². The van der Waals surface area contributed by atoms with E-state index in [9.17, 15) is 22.8 Å². The summed E-state index contributed by atoms with van der Waals surface area (Å²) in [6.07, 6.45) is 5.89. The molecule has 1 aromatic carbocycles. The first kappa shape index (κ1) is 29.5. The Labute approximate surface area is 231 Å². The van der Waals surface area contributed by atoms with E-state index >= 15 is 0 Å². The van der Waals surface area contributed by atoms with Crippen LogP contribution in [-0.2, 0) is 20.7 Å². The van der Waals surface area contributed by atoms with Crippen LogP contribution in [0, 0.1) is 5.92 Å². The van der Waals surface area contributed by atoms with Crippen LogP contribution < -0.4 is 15.4 Å². The molecule has 1 atom stereocenters. The smallest absolute Gasteiger partial charge is 0.412 e. The molecular weight excluding hydrogens is 525 g/mol. The third-order valence-electron chi connectivity index (χ3n) is 6.96. The van der Waals surface area contributed by atoms with E-state index in [1.54, 1.807) is 12.2 Å². The molecule has 40 heavy (non-hydrogen) atoms. The lowest BCUT2D eigenvalue weighted by atomic mass is 9.97. The van der Waals surface area contributed by atoms with Crippen molar-refractivity contribution in [2.45, 2.75) is 63.6 Å². The number of aryl methyl sites for hydroxylation is 1. The Balaban J connectivity index is 1.28. The van der Waals surface area contributed by atoms with E-state index in [2.05, 4.69) is 10.6 Å². The summed E-state index contributed by atoms with van der Waals surface area (Å²) in [6, 6.07) is 7.82. The zero-order valence-electron chi connectivity index (χ0n) is 22.3. The Morgan fingerprint density at radius 1 is 0.950 bits per heavy atom. The van der Waals surface area contributed by atoms with Crippen molar-refractivity contribution in [3.05, 3.63) is 76.8 Å². The van der Waals surface area contributed by atoms with E-state index < -0.39 is 17.7 Å². The van der Waals surface area contributed by atoms with Gasteiger partial charge in [0.25, 0.3) is 0 Å². The van der Waals surface area contributed by atoms with Gasteiger partial charge >= 0.3 is 6.18 Å². The lowest BCUT2D eigenvalue weighted by Gasteiger charge is -2.21. The monoisotopic (exact) mass is 560 g/mol. The molecule has 0 heterocycles. The number of amides is 2. The summed E-state index contributed by atoms with van der Waals surface area (Å²) in [5.74, 6) is 0.876. The number of hydrogen-bond donors (Lipinski definition) is 3. The number of ether oxygens (including phenoxy) is 2. The average Bonchev–Trinajstić information content (AvgIpc) is 3.76. The van der Waals surface area contributed by atoms with E-state index in [-0.39, 0.29) is 44.4 Å². The molecule has 1 aromatic rings. The SMILES string of the molecule is O=C(NCC(CCc1ccc(OC2CC2)cc1)C(=O)NCCO)C1=CC=C(OC2=CC=C(C(F)(F)F)CC2)CC1. The highest BCUT2D eigenvalue weighted by Gasteiger charge is 2.34. The summed E-state index contributed by atoms with van der Waals surface area (Å²) in [4.78, 5) is 25.5. The van der Waals surface area contributed by atoms with Crippen molar-refractivity contribution >= 4 is 11.8 Å². The highest BCUT2D eigenvalue weighted by molar-refractivity contribution is 5.94. The van der Waals surface area contributed by atoms with Gasteiger partial charge in [-0.1, -0.05) is 24.3 Å². The maximum absolute atomic E-state index is 12.8. The Morgan fingerprint density at radius 2 is 1.65 bits per heavy atom. The first-order chi connectivity index (χ1) is 19.2. The van der Waals surface area contributed by atoms with Crippen molar-refractivity contribution in [1.29, 1.82) is 0 Å². The maximum atomic E-state index is 12.8. The predicted octanol–water partition coefficient (Wildman–Crippen LogP) is 4.79. The molecule has 0 saturated heterocycles. The number of aliphatic hydroxyl groups excluding tert-OH is 1. The molecule has 3 aliphatic rings. The van der Waals surface area contributed by atoms with Crippen molar-refractivity contribution in [3.63, 3.8) is 0 Å². The fourth-order valence-electron chi connectivity index (χ4n) is 4.43. The van der Waals surface area contributed by atoms with Crippen LogP contribution in [0.5, 0.6) is 5.75 Å². The number of aliphatic hydroxyl groups is 1. The summed E-state index contributed by atoms with van der Waals surface area (Å²) >= 11 is 0. The third-order valence-corrected chi connectivity index (χ3v) is 6.96. The maximum Gasteiger partial charge on any atom is 0.412 e. The van der Waals surface area contributed by atoms with Gasteiger partial charge in [0.2, 0.25) is 11.8 Å². The van der Waals surface area contributed by atoms with Crippen molar-refractivity contribution in [2.24, 2.45) is 5.92 Å². The van der Waals surface area contributed by atoms with Crippen LogP contribution >= 0.6 is 0 Å². The van der Waals surface area contributed by atoms with Gasteiger partial charge in [0, 0.05) is 37.1 Å². The van der Waals surface area contributed by atoms with Gasteiger partial charge < -0.3 is 25.2 Å². The van der Waals surface area contributed by atoms with E-state index in [1.807, 2.05) is 24.3 Å². The number of rotatable bonds is 13. The van der Waals surface area contributed by atoms with E-state index in [1.165, 1.54) is 6.08 Å². The Kier molecular flexibility index (Phi) is 10.1. The van der Waals surface area contributed by atoms with Crippen LogP contribution in [0.25, 0.3) is 0 Å². The Morgan fingerprint density at radius 3 is 2.23 bits per heavy atom. The summed E-state index contributed by atoms with van der Waals surface area (Å²) in [6.45, 7) is 0.108. The molecule has 4 rings (SSSR count). The summed E-state index contributed by atoms with van der Waals surface area (Å²) in [7, 11) is 0. The van der Waals surface area contributed by atoms with Gasteiger partial charge in [-0.05, 0) is 68.4 Å². The van der Waals surface area contributed by atoms with Crippen molar-refractivity contribution in [2.75, 3.05) is 19.7 Å². The number of carbonyl (C=O) groups is 2. The molecule has 10 heteroatoms. The minimum atomic E-state index is -4.33. The van der Waals surface area contributed by atoms with E-state index in [4.69, 9.17) is 14.6 Å².